The van der Waals surface area contributed by atoms with Gasteiger partial charge in [0.1, 0.15) is 0 Å². The number of para-hydroxylation sites is 1. The van der Waals surface area contributed by atoms with Gasteiger partial charge in [0.05, 0.1) is 16.7 Å². The van der Waals surface area contributed by atoms with Crippen molar-refractivity contribution in [2.24, 2.45) is 0 Å². The van der Waals surface area contributed by atoms with Crippen LogP contribution in [0.4, 0.5) is 0 Å². The minimum Gasteiger partial charge on any atom is -0.309 e. The Kier molecular flexibility index (Phi) is 5.42. The highest BCUT2D eigenvalue weighted by Crippen LogP contribution is 2.38. The molecule has 0 saturated carbocycles. The van der Waals surface area contributed by atoms with Crippen molar-refractivity contribution in [2.75, 3.05) is 0 Å². The average Bonchev–Trinajstić information content (AvgIpc) is 3.31. The van der Waals surface area contributed by atoms with E-state index in [1.54, 1.807) is 0 Å². The summed E-state index contributed by atoms with van der Waals surface area (Å²) in [5, 5.41) is 7.42. The molecule has 0 unspecified atom stereocenters. The predicted octanol–water partition coefficient (Wildman–Crippen LogP) is 10.1. The smallest absolute Gasteiger partial charge is 0.0702 e. The van der Waals surface area contributed by atoms with Crippen LogP contribution in [0.5, 0.6) is 0 Å². The van der Waals surface area contributed by atoms with E-state index in [2.05, 4.69) is 139 Å². The molecule has 0 atom stereocenters. The number of hydrogen-bond donors (Lipinski definition) is 0. The summed E-state index contributed by atoms with van der Waals surface area (Å²) in [5.41, 5.74) is 9.18. The van der Waals surface area contributed by atoms with E-state index >= 15 is 0 Å². The highest BCUT2D eigenvalue weighted by molar-refractivity contribution is 6.16. The molecule has 0 N–H and O–H groups in total. The molecule has 0 aliphatic heterocycles. The van der Waals surface area contributed by atoms with Gasteiger partial charge in [0.15, 0.2) is 0 Å². The quantitative estimate of drug-likeness (QED) is 0.220. The monoisotopic (exact) mass is 500 g/mol. The second-order valence-corrected chi connectivity index (χ2v) is 10.1. The molecule has 0 fully saturated rings. The predicted molar refractivity (Wildman–Crippen MR) is 169 cm³/mol. The maximum absolute atomic E-state index is 4.68. The SMILES string of the molecule is C=Cc1c(/C=C\C)c2cc(-n3c4ccccc4c4cc(-c5ccc(C)cn5)ccc43)ccc2c2ccccc12. The minimum absolute atomic E-state index is 0.991. The van der Waals surface area contributed by atoms with E-state index in [4.69, 9.17) is 0 Å². The van der Waals surface area contributed by atoms with E-state index in [1.807, 2.05) is 12.3 Å². The molecule has 2 aromatic heterocycles. The first-order valence-corrected chi connectivity index (χ1v) is 13.4. The van der Waals surface area contributed by atoms with Crippen LogP contribution in [0.2, 0.25) is 0 Å². The Bertz CT molecular complexity index is 2090. The highest BCUT2D eigenvalue weighted by Gasteiger charge is 2.16. The van der Waals surface area contributed by atoms with Crippen molar-refractivity contribution in [3.05, 3.63) is 133 Å². The molecule has 2 heteroatoms. The fourth-order valence-corrected chi connectivity index (χ4v) is 5.99. The average molecular weight is 501 g/mol. The number of fused-ring (bicyclic) bond motifs is 6. The number of aromatic nitrogens is 2. The normalized spacial score (nSPS) is 11.8. The van der Waals surface area contributed by atoms with Crippen LogP contribution < -0.4 is 0 Å². The van der Waals surface area contributed by atoms with E-state index in [1.165, 1.54) is 54.5 Å². The van der Waals surface area contributed by atoms with E-state index < -0.39 is 0 Å². The second-order valence-electron chi connectivity index (χ2n) is 10.1. The number of benzene rings is 5. The molecule has 7 rings (SSSR count). The van der Waals surface area contributed by atoms with Crippen LogP contribution in [0.1, 0.15) is 23.6 Å². The van der Waals surface area contributed by atoms with E-state index in [0.29, 0.717) is 0 Å². The fraction of sp³-hybridized carbons (Fsp3) is 0.0541. The number of pyridine rings is 1. The van der Waals surface area contributed by atoms with Crippen molar-refractivity contribution >= 4 is 55.5 Å². The summed E-state index contributed by atoms with van der Waals surface area (Å²) in [5.74, 6) is 0. The molecule has 7 aromatic rings. The first kappa shape index (κ1) is 23.2. The molecule has 0 bridgehead atoms. The molecular formula is C37H28N2. The molecule has 2 heterocycles. The zero-order valence-electron chi connectivity index (χ0n) is 22.1. The van der Waals surface area contributed by atoms with Gasteiger partial charge in [0.2, 0.25) is 0 Å². The summed E-state index contributed by atoms with van der Waals surface area (Å²) in [6, 6.07) is 35.1. The highest BCUT2D eigenvalue weighted by atomic mass is 15.0. The third kappa shape index (κ3) is 3.60. The van der Waals surface area contributed by atoms with Gasteiger partial charge in [0.25, 0.3) is 0 Å². The van der Waals surface area contributed by atoms with Crippen molar-refractivity contribution in [1.29, 1.82) is 0 Å². The van der Waals surface area contributed by atoms with Crippen LogP contribution in [0, 0.1) is 6.92 Å². The lowest BCUT2D eigenvalue weighted by molar-refractivity contribution is 1.19. The van der Waals surface area contributed by atoms with Gasteiger partial charge in [-0.2, -0.15) is 0 Å². The fourth-order valence-electron chi connectivity index (χ4n) is 5.99. The second kappa shape index (κ2) is 9.11. The van der Waals surface area contributed by atoms with Crippen molar-refractivity contribution in [1.82, 2.24) is 9.55 Å². The van der Waals surface area contributed by atoms with E-state index in [9.17, 15) is 0 Å². The molecule has 0 amide bonds. The molecule has 0 aliphatic rings. The van der Waals surface area contributed by atoms with Gasteiger partial charge in [-0.3, -0.25) is 4.98 Å². The molecule has 39 heavy (non-hydrogen) atoms. The lowest BCUT2D eigenvalue weighted by atomic mass is 9.91. The standard InChI is InChI=1S/C37H28N2/c1-4-10-28-27(5-2)29-11-6-7-12-30(29)31-18-17-26(22-33(28)31)39-36-14-9-8-13-32(36)34-21-25(16-20-37(34)39)35-19-15-24(3)23-38-35/h4-23H,2H2,1,3H3/b10-4-. The number of nitrogens with zero attached hydrogens (tertiary/aromatic N) is 2. The summed E-state index contributed by atoms with van der Waals surface area (Å²) >= 11 is 0. The van der Waals surface area contributed by atoms with Crippen LogP contribution in [0.15, 0.2) is 116 Å². The van der Waals surface area contributed by atoms with Crippen molar-refractivity contribution in [2.45, 2.75) is 13.8 Å². The number of rotatable bonds is 4. The van der Waals surface area contributed by atoms with Crippen molar-refractivity contribution < 1.29 is 0 Å². The minimum atomic E-state index is 0.991. The van der Waals surface area contributed by atoms with Gasteiger partial charge in [-0.05, 0) is 88.5 Å². The van der Waals surface area contributed by atoms with Gasteiger partial charge in [-0.25, -0.2) is 0 Å². The summed E-state index contributed by atoms with van der Waals surface area (Å²) in [6.45, 7) is 8.32. The first-order chi connectivity index (χ1) is 19.2. The summed E-state index contributed by atoms with van der Waals surface area (Å²) in [4.78, 5) is 4.68. The molecule has 0 radical (unpaired) electrons. The van der Waals surface area contributed by atoms with Crippen molar-refractivity contribution in [3.8, 4) is 16.9 Å². The molecule has 0 spiro atoms. The number of aryl methyl sites for hydroxylation is 1. The number of allylic oxidation sites excluding steroid dienone is 1. The van der Waals surface area contributed by atoms with E-state index in [0.717, 1.165) is 22.5 Å². The van der Waals surface area contributed by atoms with Crippen LogP contribution >= 0.6 is 0 Å². The maximum Gasteiger partial charge on any atom is 0.0702 e. The zero-order chi connectivity index (χ0) is 26.5. The Labute approximate surface area is 228 Å². The van der Waals surface area contributed by atoms with Crippen LogP contribution in [0.25, 0.3) is 72.4 Å². The maximum atomic E-state index is 4.68. The third-order valence-corrected chi connectivity index (χ3v) is 7.77. The lowest BCUT2D eigenvalue weighted by Gasteiger charge is -2.16. The van der Waals surface area contributed by atoms with Gasteiger partial charge >= 0.3 is 0 Å². The molecule has 186 valence electrons. The van der Waals surface area contributed by atoms with Crippen LogP contribution in [0.3, 0.4) is 0 Å². The van der Waals surface area contributed by atoms with Gasteiger partial charge in [0, 0.05) is 28.2 Å². The largest absolute Gasteiger partial charge is 0.309 e. The van der Waals surface area contributed by atoms with Gasteiger partial charge < -0.3 is 4.57 Å². The summed E-state index contributed by atoms with van der Waals surface area (Å²) in [6.07, 6.45) is 8.25. The molecule has 5 aromatic carbocycles. The van der Waals surface area contributed by atoms with Gasteiger partial charge in [-0.15, -0.1) is 0 Å². The zero-order valence-corrected chi connectivity index (χ0v) is 22.1. The molecular weight excluding hydrogens is 472 g/mol. The van der Waals surface area contributed by atoms with E-state index in [-0.39, 0.29) is 0 Å². The molecule has 0 aliphatic carbocycles. The third-order valence-electron chi connectivity index (χ3n) is 7.77. The Morgan fingerprint density at radius 3 is 2.18 bits per heavy atom. The van der Waals surface area contributed by atoms with Crippen LogP contribution in [-0.2, 0) is 0 Å². The van der Waals surface area contributed by atoms with Gasteiger partial charge in [-0.1, -0.05) is 85.5 Å². The van der Waals surface area contributed by atoms with Crippen molar-refractivity contribution in [3.63, 3.8) is 0 Å². The summed E-state index contributed by atoms with van der Waals surface area (Å²) < 4.78 is 2.39. The van der Waals surface area contributed by atoms with Crippen LogP contribution in [-0.4, -0.2) is 9.55 Å². The summed E-state index contributed by atoms with van der Waals surface area (Å²) in [7, 11) is 0. The Morgan fingerprint density at radius 1 is 0.667 bits per heavy atom. The molecule has 2 nitrogen and oxygen atoms in total. The Hall–Kier alpha value is -4.95. The Balaban J connectivity index is 1.54. The molecule has 0 saturated heterocycles. The lowest BCUT2D eigenvalue weighted by Crippen LogP contribution is -1.96. The first-order valence-electron chi connectivity index (χ1n) is 13.4. The Morgan fingerprint density at radius 2 is 1.41 bits per heavy atom. The number of hydrogen-bond acceptors (Lipinski definition) is 1. The topological polar surface area (TPSA) is 17.8 Å².